The SMILES string of the molecule is Br.Br.Cc1c(Cl)cccc1C1(Nc2ccc3c(c2)N(C)C(=O)C3(C)C)CCNCC1. The molecule has 1 fully saturated rings. The number of halogens is 3. The summed E-state index contributed by atoms with van der Waals surface area (Å²) in [5.41, 5.74) is 4.86. The summed E-state index contributed by atoms with van der Waals surface area (Å²) in [7, 11) is 1.86. The van der Waals surface area contributed by atoms with E-state index in [2.05, 4.69) is 41.8 Å². The molecule has 0 aliphatic carbocycles. The van der Waals surface area contributed by atoms with Crippen LogP contribution in [0.5, 0.6) is 0 Å². The van der Waals surface area contributed by atoms with Crippen molar-refractivity contribution in [2.24, 2.45) is 0 Å². The van der Waals surface area contributed by atoms with Crippen LogP contribution in [0.1, 0.15) is 43.4 Å². The zero-order valence-electron chi connectivity index (χ0n) is 17.8. The van der Waals surface area contributed by atoms with Gasteiger partial charge in [-0.15, -0.1) is 34.0 Å². The summed E-state index contributed by atoms with van der Waals surface area (Å²) in [6.07, 6.45) is 1.96. The molecule has 7 heteroatoms. The van der Waals surface area contributed by atoms with Gasteiger partial charge in [-0.3, -0.25) is 4.79 Å². The van der Waals surface area contributed by atoms with Gasteiger partial charge in [0.25, 0.3) is 0 Å². The van der Waals surface area contributed by atoms with Crippen molar-refractivity contribution in [3.63, 3.8) is 0 Å². The first kappa shape index (κ1) is 25.2. The molecule has 4 rings (SSSR count). The van der Waals surface area contributed by atoms with E-state index in [1.165, 1.54) is 5.56 Å². The van der Waals surface area contributed by atoms with Crippen molar-refractivity contribution in [1.82, 2.24) is 5.32 Å². The lowest BCUT2D eigenvalue weighted by Crippen LogP contribution is -2.45. The van der Waals surface area contributed by atoms with Gasteiger partial charge in [-0.2, -0.15) is 0 Å². The number of carbonyl (C=O) groups is 1. The molecule has 0 atom stereocenters. The third-order valence-electron chi connectivity index (χ3n) is 6.50. The highest BCUT2D eigenvalue weighted by Gasteiger charge is 2.42. The Morgan fingerprint density at radius 1 is 1.07 bits per heavy atom. The molecule has 1 saturated heterocycles. The molecular weight excluding hydrogens is 530 g/mol. The largest absolute Gasteiger partial charge is 0.375 e. The molecule has 2 heterocycles. The number of hydrogen-bond acceptors (Lipinski definition) is 3. The molecule has 0 spiro atoms. The summed E-state index contributed by atoms with van der Waals surface area (Å²) in [4.78, 5) is 14.4. The van der Waals surface area contributed by atoms with Gasteiger partial charge >= 0.3 is 0 Å². The zero-order chi connectivity index (χ0) is 20.1. The van der Waals surface area contributed by atoms with E-state index in [0.29, 0.717) is 0 Å². The maximum absolute atomic E-state index is 12.6. The van der Waals surface area contributed by atoms with Crippen LogP contribution in [-0.4, -0.2) is 26.0 Å². The van der Waals surface area contributed by atoms with Gasteiger partial charge in [0, 0.05) is 23.4 Å². The summed E-state index contributed by atoms with van der Waals surface area (Å²) in [6.45, 7) is 7.99. The van der Waals surface area contributed by atoms with Crippen LogP contribution in [0.3, 0.4) is 0 Å². The van der Waals surface area contributed by atoms with E-state index in [1.807, 2.05) is 33.0 Å². The molecule has 2 aliphatic rings. The predicted molar refractivity (Wildman–Crippen MR) is 137 cm³/mol. The van der Waals surface area contributed by atoms with Crippen molar-refractivity contribution >= 4 is 62.8 Å². The van der Waals surface area contributed by atoms with Crippen LogP contribution >= 0.6 is 45.6 Å². The lowest BCUT2D eigenvalue weighted by molar-refractivity contribution is -0.121. The average Bonchev–Trinajstić information content (AvgIpc) is 2.85. The molecule has 0 saturated carbocycles. The molecule has 0 aromatic heterocycles. The molecule has 1 amide bonds. The molecule has 30 heavy (non-hydrogen) atoms. The monoisotopic (exact) mass is 557 g/mol. The Bertz CT molecular complexity index is 942. The lowest BCUT2D eigenvalue weighted by Gasteiger charge is -2.41. The third kappa shape index (κ3) is 4.04. The van der Waals surface area contributed by atoms with Crippen molar-refractivity contribution in [3.05, 3.63) is 58.1 Å². The number of rotatable bonds is 3. The first-order valence-electron chi connectivity index (χ1n) is 9.93. The Morgan fingerprint density at radius 3 is 2.40 bits per heavy atom. The van der Waals surface area contributed by atoms with Crippen molar-refractivity contribution < 1.29 is 4.79 Å². The molecule has 2 aromatic rings. The number of likely N-dealkylation sites (N-methyl/N-ethyl adjacent to an activating group) is 1. The van der Waals surface area contributed by atoms with Gasteiger partial charge in [0.15, 0.2) is 0 Å². The van der Waals surface area contributed by atoms with E-state index in [-0.39, 0.29) is 45.4 Å². The van der Waals surface area contributed by atoms with Gasteiger partial charge in [0.05, 0.1) is 11.0 Å². The molecule has 4 nitrogen and oxygen atoms in total. The fraction of sp³-hybridized carbons (Fsp3) is 0.435. The van der Waals surface area contributed by atoms with Crippen LogP contribution in [-0.2, 0) is 15.7 Å². The highest BCUT2D eigenvalue weighted by molar-refractivity contribution is 8.93. The summed E-state index contributed by atoms with van der Waals surface area (Å²) in [5, 5.41) is 8.11. The quantitative estimate of drug-likeness (QED) is 0.504. The van der Waals surface area contributed by atoms with Crippen LogP contribution in [0.2, 0.25) is 5.02 Å². The summed E-state index contributed by atoms with van der Waals surface area (Å²) in [6, 6.07) is 12.5. The van der Waals surface area contributed by atoms with Crippen LogP contribution < -0.4 is 15.5 Å². The van der Waals surface area contributed by atoms with Crippen molar-refractivity contribution in [2.45, 2.75) is 44.6 Å². The average molecular weight is 560 g/mol. The molecule has 2 aromatic carbocycles. The highest BCUT2D eigenvalue weighted by Crippen LogP contribution is 2.44. The Kier molecular flexibility index (Phi) is 7.71. The van der Waals surface area contributed by atoms with Gasteiger partial charge in [0.2, 0.25) is 5.91 Å². The number of nitrogens with one attached hydrogen (secondary N) is 2. The first-order chi connectivity index (χ1) is 13.3. The van der Waals surface area contributed by atoms with Gasteiger partial charge < -0.3 is 15.5 Å². The minimum Gasteiger partial charge on any atom is -0.375 e. The second-order valence-electron chi connectivity index (χ2n) is 8.59. The Balaban J connectivity index is 0.00000160. The van der Waals surface area contributed by atoms with E-state index in [0.717, 1.165) is 53.5 Å². The number of carbonyl (C=O) groups excluding carboxylic acids is 1. The van der Waals surface area contributed by atoms with E-state index < -0.39 is 5.41 Å². The topological polar surface area (TPSA) is 44.4 Å². The molecule has 0 unspecified atom stereocenters. The second-order valence-corrected chi connectivity index (χ2v) is 9.00. The highest BCUT2D eigenvalue weighted by atomic mass is 79.9. The smallest absolute Gasteiger partial charge is 0.236 e. The van der Waals surface area contributed by atoms with Crippen molar-refractivity contribution in [1.29, 1.82) is 0 Å². The summed E-state index contributed by atoms with van der Waals surface area (Å²) >= 11 is 6.45. The maximum atomic E-state index is 12.6. The maximum Gasteiger partial charge on any atom is 0.236 e. The van der Waals surface area contributed by atoms with Crippen molar-refractivity contribution in [3.8, 4) is 0 Å². The number of piperidine rings is 1. The molecule has 2 N–H and O–H groups in total. The Morgan fingerprint density at radius 2 is 1.73 bits per heavy atom. The molecule has 0 bridgehead atoms. The zero-order valence-corrected chi connectivity index (χ0v) is 22.0. The van der Waals surface area contributed by atoms with Crippen LogP contribution in [0.4, 0.5) is 11.4 Å². The minimum absolute atomic E-state index is 0. The number of amides is 1. The standard InChI is InChI=1S/C23H28ClN3O.2BrH/c1-15-17(6-5-7-19(15)24)23(10-12-25-13-11-23)26-16-8-9-18-20(14-16)27(4)21(28)22(18,2)3;;/h5-9,14,25-26H,10-13H2,1-4H3;2*1H. The Labute approximate surface area is 205 Å². The molecule has 164 valence electrons. The van der Waals surface area contributed by atoms with Gasteiger partial charge in [-0.05, 0) is 81.6 Å². The van der Waals surface area contributed by atoms with Gasteiger partial charge in [-0.25, -0.2) is 0 Å². The number of fused-ring (bicyclic) bond motifs is 1. The minimum atomic E-state index is -0.474. The fourth-order valence-corrected chi connectivity index (χ4v) is 4.95. The van der Waals surface area contributed by atoms with Gasteiger partial charge in [-0.1, -0.05) is 29.8 Å². The fourth-order valence-electron chi connectivity index (χ4n) is 4.78. The summed E-state index contributed by atoms with van der Waals surface area (Å²) in [5.74, 6) is 0.141. The van der Waals surface area contributed by atoms with E-state index in [9.17, 15) is 4.79 Å². The van der Waals surface area contributed by atoms with E-state index >= 15 is 0 Å². The molecule has 0 radical (unpaired) electrons. The Hall–Kier alpha value is -1.08. The number of nitrogens with zero attached hydrogens (tertiary/aromatic N) is 1. The third-order valence-corrected chi connectivity index (χ3v) is 6.91. The number of benzene rings is 2. The van der Waals surface area contributed by atoms with E-state index in [1.54, 1.807) is 4.90 Å². The first-order valence-corrected chi connectivity index (χ1v) is 10.3. The van der Waals surface area contributed by atoms with Crippen LogP contribution in [0.25, 0.3) is 0 Å². The second kappa shape index (κ2) is 9.19. The van der Waals surface area contributed by atoms with Crippen molar-refractivity contribution in [2.75, 3.05) is 30.4 Å². The normalized spacial score (nSPS) is 18.8. The lowest BCUT2D eigenvalue weighted by atomic mass is 9.79. The van der Waals surface area contributed by atoms with Gasteiger partial charge in [0.1, 0.15) is 0 Å². The van der Waals surface area contributed by atoms with Crippen LogP contribution in [0.15, 0.2) is 36.4 Å². The van der Waals surface area contributed by atoms with E-state index in [4.69, 9.17) is 11.6 Å². The molecular formula is C23H30Br2ClN3O. The molecule has 2 aliphatic heterocycles. The number of anilines is 2. The summed E-state index contributed by atoms with van der Waals surface area (Å²) < 4.78 is 0. The number of hydrogen-bond donors (Lipinski definition) is 2. The van der Waals surface area contributed by atoms with Crippen LogP contribution in [0, 0.1) is 6.92 Å². The predicted octanol–water partition coefficient (Wildman–Crippen LogP) is 5.75.